The van der Waals surface area contributed by atoms with Crippen molar-refractivity contribution < 1.29 is 4.79 Å². The van der Waals surface area contributed by atoms with Gasteiger partial charge in [-0.3, -0.25) is 0 Å². The molecule has 0 spiro atoms. The summed E-state index contributed by atoms with van der Waals surface area (Å²) >= 11 is -1.41. The molecule has 1 aliphatic rings. The molecule has 0 unspecified atom stereocenters. The van der Waals surface area contributed by atoms with E-state index in [0.29, 0.717) is 5.78 Å². The van der Waals surface area contributed by atoms with Gasteiger partial charge in [-0.25, -0.2) is 0 Å². The molecule has 11 heavy (non-hydrogen) atoms. The van der Waals surface area contributed by atoms with Gasteiger partial charge in [-0.15, -0.1) is 0 Å². The van der Waals surface area contributed by atoms with Crippen molar-refractivity contribution in [1.29, 1.82) is 0 Å². The van der Waals surface area contributed by atoms with Gasteiger partial charge >= 0.3 is 71.5 Å². The molecule has 1 rings (SSSR count). The normalized spacial score (nSPS) is 22.3. The summed E-state index contributed by atoms with van der Waals surface area (Å²) in [6.45, 7) is 0. The minimum absolute atomic E-state index is 0.493. The van der Waals surface area contributed by atoms with Crippen molar-refractivity contribution in [3.8, 4) is 0 Å². The Labute approximate surface area is 71.9 Å². The number of Topliss-reactive ketones (excluding diaryl/α,β-unsaturated/α-hetero) is 1. The molecule has 64 valence electrons. The Morgan fingerprint density at radius 2 is 1.64 bits per heavy atom. The number of carbonyl (C=O) groups excluding carboxylic acids is 1. The first kappa shape index (κ1) is 9.30. The second kappa shape index (κ2) is 3.30. The van der Waals surface area contributed by atoms with Gasteiger partial charge in [-0.1, -0.05) is 0 Å². The van der Waals surface area contributed by atoms with Crippen LogP contribution in [0.3, 0.4) is 0 Å². The van der Waals surface area contributed by atoms with Gasteiger partial charge in [0.05, 0.1) is 0 Å². The van der Waals surface area contributed by atoms with Crippen LogP contribution in [0.5, 0.6) is 0 Å². The third kappa shape index (κ3) is 2.62. The topological polar surface area (TPSA) is 17.1 Å². The van der Waals surface area contributed by atoms with E-state index >= 15 is 0 Å². The Morgan fingerprint density at radius 1 is 1.18 bits per heavy atom. The molecule has 0 aromatic carbocycles. The van der Waals surface area contributed by atoms with E-state index < -0.39 is 13.3 Å². The Bertz CT molecular complexity index is 147. The van der Waals surface area contributed by atoms with Crippen LogP contribution in [0.4, 0.5) is 0 Å². The summed E-state index contributed by atoms with van der Waals surface area (Å²) in [4.78, 5) is 11.0. The predicted molar refractivity (Wildman–Crippen MR) is 50.6 cm³/mol. The van der Waals surface area contributed by atoms with E-state index in [4.69, 9.17) is 0 Å². The molecular formula is C9H18GeO. The van der Waals surface area contributed by atoms with Crippen LogP contribution in [0.1, 0.15) is 25.7 Å². The molecule has 1 fully saturated rings. The summed E-state index contributed by atoms with van der Waals surface area (Å²) in [5.74, 6) is 7.87. The van der Waals surface area contributed by atoms with Gasteiger partial charge in [-0.05, 0) is 0 Å². The van der Waals surface area contributed by atoms with E-state index in [1.807, 2.05) is 0 Å². The zero-order valence-electron chi connectivity index (χ0n) is 7.81. The van der Waals surface area contributed by atoms with Gasteiger partial charge in [0.1, 0.15) is 0 Å². The van der Waals surface area contributed by atoms with Crippen molar-refractivity contribution in [3.05, 3.63) is 0 Å². The number of hydrogen-bond donors (Lipinski definition) is 0. The summed E-state index contributed by atoms with van der Waals surface area (Å²) in [7, 11) is 0. The number of rotatable bonds is 1. The van der Waals surface area contributed by atoms with E-state index in [1.165, 1.54) is 12.8 Å². The van der Waals surface area contributed by atoms with E-state index in [-0.39, 0.29) is 0 Å². The molecule has 0 aromatic heterocycles. The Kier molecular flexibility index (Phi) is 2.79. The maximum absolute atomic E-state index is 11.0. The van der Waals surface area contributed by atoms with Crippen LogP contribution >= 0.6 is 0 Å². The molecule has 0 bridgehead atoms. The standard InChI is InChI=1S/C9H18GeO/c1-10(2,3)8-4-6-9(11)7-5-8/h8H,4-7H2,1-3H3. The van der Waals surface area contributed by atoms with Gasteiger partial charge in [0.2, 0.25) is 0 Å². The second-order valence-corrected chi connectivity index (χ2v) is 16.3. The fourth-order valence-electron chi connectivity index (χ4n) is 1.81. The van der Waals surface area contributed by atoms with Crippen LogP contribution in [0.15, 0.2) is 0 Å². The predicted octanol–water partition coefficient (Wildman–Crippen LogP) is 2.84. The first-order valence-electron chi connectivity index (χ1n) is 4.52. The van der Waals surface area contributed by atoms with Crippen LogP contribution in [-0.2, 0) is 4.79 Å². The molecule has 0 N–H and O–H groups in total. The first-order valence-corrected chi connectivity index (χ1v) is 12.0. The van der Waals surface area contributed by atoms with Crippen LogP contribution in [0.25, 0.3) is 0 Å². The molecule has 0 saturated heterocycles. The zero-order chi connectivity index (χ0) is 8.48. The Hall–Kier alpha value is 0.213. The van der Waals surface area contributed by atoms with E-state index in [9.17, 15) is 4.79 Å². The quantitative estimate of drug-likeness (QED) is 0.614. The molecular weight excluding hydrogens is 197 g/mol. The Balaban J connectivity index is 2.45. The van der Waals surface area contributed by atoms with Gasteiger partial charge in [0.15, 0.2) is 0 Å². The van der Waals surface area contributed by atoms with Crippen molar-refractivity contribution >= 4 is 19.0 Å². The van der Waals surface area contributed by atoms with E-state index in [0.717, 1.165) is 17.6 Å². The fourth-order valence-corrected chi connectivity index (χ4v) is 6.05. The third-order valence-corrected chi connectivity index (χ3v) is 9.12. The first-order chi connectivity index (χ1) is 5.00. The molecule has 0 aromatic rings. The van der Waals surface area contributed by atoms with Crippen molar-refractivity contribution in [2.75, 3.05) is 0 Å². The van der Waals surface area contributed by atoms with E-state index in [1.54, 1.807) is 0 Å². The van der Waals surface area contributed by atoms with Crippen LogP contribution in [0, 0.1) is 0 Å². The van der Waals surface area contributed by atoms with Crippen molar-refractivity contribution in [2.24, 2.45) is 0 Å². The zero-order valence-corrected chi connectivity index (χ0v) is 9.91. The van der Waals surface area contributed by atoms with Crippen molar-refractivity contribution in [3.63, 3.8) is 0 Å². The molecule has 0 heterocycles. The van der Waals surface area contributed by atoms with Gasteiger partial charge in [0, 0.05) is 0 Å². The fraction of sp³-hybridized carbons (Fsp3) is 0.889. The molecule has 1 nitrogen and oxygen atoms in total. The molecule has 0 aliphatic heterocycles. The molecule has 1 aliphatic carbocycles. The number of carbonyl (C=O) groups is 1. The minimum atomic E-state index is -1.41. The number of hydrogen-bond acceptors (Lipinski definition) is 1. The van der Waals surface area contributed by atoms with Crippen LogP contribution in [-0.4, -0.2) is 19.0 Å². The SMILES string of the molecule is [CH3][Ge]([CH3])([CH3])[CH]1CCC(=O)CC1. The van der Waals surface area contributed by atoms with Crippen LogP contribution < -0.4 is 0 Å². The maximum atomic E-state index is 11.0. The number of ketones is 1. The summed E-state index contributed by atoms with van der Waals surface area (Å²) in [6, 6.07) is 0. The van der Waals surface area contributed by atoms with Crippen molar-refractivity contribution in [1.82, 2.24) is 0 Å². The average molecular weight is 215 g/mol. The summed E-state index contributed by atoms with van der Waals surface area (Å²) in [5, 5.41) is 0. The molecule has 0 radical (unpaired) electrons. The van der Waals surface area contributed by atoms with Crippen LogP contribution in [0.2, 0.25) is 22.0 Å². The molecule has 1 saturated carbocycles. The van der Waals surface area contributed by atoms with Gasteiger partial charge in [0.25, 0.3) is 0 Å². The average Bonchev–Trinajstić information content (AvgIpc) is 1.86. The third-order valence-electron chi connectivity index (χ3n) is 2.77. The van der Waals surface area contributed by atoms with Gasteiger partial charge in [-0.2, -0.15) is 0 Å². The summed E-state index contributed by atoms with van der Waals surface area (Å²) < 4.78 is 0.952. The summed E-state index contributed by atoms with van der Waals surface area (Å²) in [5.41, 5.74) is 0. The Morgan fingerprint density at radius 3 is 2.00 bits per heavy atom. The second-order valence-electron chi connectivity index (χ2n) is 4.68. The van der Waals surface area contributed by atoms with Gasteiger partial charge < -0.3 is 0 Å². The summed E-state index contributed by atoms with van der Waals surface area (Å²) in [6.07, 6.45) is 4.13. The molecule has 0 atom stereocenters. The van der Waals surface area contributed by atoms with E-state index in [2.05, 4.69) is 17.3 Å². The molecule has 2 heteroatoms. The molecule has 0 amide bonds. The monoisotopic (exact) mass is 216 g/mol. The van der Waals surface area contributed by atoms with Crippen molar-refractivity contribution in [2.45, 2.75) is 47.7 Å².